The third-order valence-corrected chi connectivity index (χ3v) is 8.51. The number of aromatic nitrogens is 1. The largest absolute Gasteiger partial charge is 0.496 e. The molecule has 43 heavy (non-hydrogen) atoms. The van der Waals surface area contributed by atoms with E-state index in [9.17, 15) is 9.59 Å². The van der Waals surface area contributed by atoms with Crippen LogP contribution in [0.25, 0.3) is 6.08 Å². The van der Waals surface area contributed by atoms with Crippen LogP contribution in [-0.4, -0.2) is 24.3 Å². The second kappa shape index (κ2) is 13.6. The molecule has 10 heteroatoms. The molecule has 0 fully saturated rings. The average Bonchev–Trinajstić information content (AvgIpc) is 3.31. The summed E-state index contributed by atoms with van der Waals surface area (Å²) in [5, 5.41) is 1.09. The van der Waals surface area contributed by atoms with E-state index in [1.54, 1.807) is 48.9 Å². The van der Waals surface area contributed by atoms with Crippen LogP contribution in [0.3, 0.4) is 0 Å². The van der Waals surface area contributed by atoms with Gasteiger partial charge in [0, 0.05) is 26.7 Å². The second-order valence-corrected chi connectivity index (χ2v) is 11.6. The van der Waals surface area contributed by atoms with E-state index in [2.05, 4.69) is 0 Å². The molecule has 4 aromatic rings. The van der Waals surface area contributed by atoms with Gasteiger partial charge in [0.1, 0.15) is 24.1 Å². The first-order valence-electron chi connectivity index (χ1n) is 13.9. The van der Waals surface area contributed by atoms with E-state index in [1.165, 1.54) is 11.3 Å². The van der Waals surface area contributed by atoms with E-state index in [1.807, 2.05) is 49.4 Å². The molecule has 0 aliphatic carbocycles. The number of benzene rings is 3. The molecule has 0 saturated heterocycles. The van der Waals surface area contributed by atoms with Crippen molar-refractivity contribution in [3.8, 4) is 11.5 Å². The predicted molar refractivity (Wildman–Crippen MR) is 170 cm³/mol. The van der Waals surface area contributed by atoms with Crippen LogP contribution in [0.1, 0.15) is 49.4 Å². The Morgan fingerprint density at radius 2 is 1.81 bits per heavy atom. The van der Waals surface area contributed by atoms with Crippen molar-refractivity contribution in [3.63, 3.8) is 0 Å². The van der Waals surface area contributed by atoms with Crippen molar-refractivity contribution in [2.75, 3.05) is 13.7 Å². The van der Waals surface area contributed by atoms with Gasteiger partial charge in [-0.05, 0) is 49.8 Å². The average molecular weight is 638 g/mol. The van der Waals surface area contributed by atoms with Crippen LogP contribution < -0.4 is 24.4 Å². The highest BCUT2D eigenvalue weighted by Crippen LogP contribution is 2.37. The number of thiazole rings is 1. The first-order valence-corrected chi connectivity index (χ1v) is 15.4. The maximum atomic E-state index is 14.2. The van der Waals surface area contributed by atoms with Gasteiger partial charge in [0.2, 0.25) is 0 Å². The van der Waals surface area contributed by atoms with Crippen LogP contribution >= 0.6 is 34.5 Å². The lowest BCUT2D eigenvalue weighted by Gasteiger charge is -2.26. The van der Waals surface area contributed by atoms with Crippen LogP contribution in [0.4, 0.5) is 0 Å². The molecular formula is C33H30Cl2N2O5S. The zero-order valence-electron chi connectivity index (χ0n) is 23.9. The van der Waals surface area contributed by atoms with E-state index < -0.39 is 12.0 Å². The van der Waals surface area contributed by atoms with Gasteiger partial charge in [0.25, 0.3) is 5.56 Å². The number of halogens is 2. The summed E-state index contributed by atoms with van der Waals surface area (Å²) in [6, 6.07) is 19.2. The smallest absolute Gasteiger partial charge is 0.338 e. The Hall–Kier alpha value is -3.85. The third-order valence-electron chi connectivity index (χ3n) is 6.93. The monoisotopic (exact) mass is 636 g/mol. The molecule has 0 radical (unpaired) electrons. The lowest BCUT2D eigenvalue weighted by atomic mass is 9.93. The van der Waals surface area contributed by atoms with Gasteiger partial charge < -0.3 is 14.2 Å². The van der Waals surface area contributed by atoms with Crippen LogP contribution in [0, 0.1) is 0 Å². The molecule has 1 aromatic heterocycles. The topological polar surface area (TPSA) is 79.1 Å². The summed E-state index contributed by atoms with van der Waals surface area (Å²) in [5.41, 5.74) is 2.73. The Kier molecular flexibility index (Phi) is 9.70. The first kappa shape index (κ1) is 30.6. The van der Waals surface area contributed by atoms with Gasteiger partial charge in [-0.15, -0.1) is 0 Å². The number of para-hydroxylation sites is 1. The van der Waals surface area contributed by atoms with Gasteiger partial charge in [0.05, 0.1) is 29.5 Å². The number of hydrogen-bond acceptors (Lipinski definition) is 7. The molecule has 0 spiro atoms. The molecule has 1 unspecified atom stereocenters. The normalized spacial score (nSPS) is 14.7. The number of ether oxygens (including phenoxy) is 3. The number of nitrogens with zero attached hydrogens (tertiary/aromatic N) is 2. The number of rotatable bonds is 10. The quantitative estimate of drug-likeness (QED) is 0.186. The molecule has 0 saturated carbocycles. The molecular weight excluding hydrogens is 607 g/mol. The highest BCUT2D eigenvalue weighted by molar-refractivity contribution is 7.07. The summed E-state index contributed by atoms with van der Waals surface area (Å²) in [5.74, 6) is 0.576. The summed E-state index contributed by atoms with van der Waals surface area (Å²) in [7, 11) is 1.56. The molecule has 3 aromatic carbocycles. The molecule has 0 bridgehead atoms. The SMILES string of the molecule is CCCC1=C(C(=O)OCC)C(c2ccccc2OC)n2c(s/c(=C\c3cc(Cl)ccc3OCc3ccccc3Cl)c2=O)=N1. The third kappa shape index (κ3) is 6.42. The minimum Gasteiger partial charge on any atom is -0.496 e. The maximum absolute atomic E-state index is 14.2. The van der Waals surface area contributed by atoms with Crippen LogP contribution in [-0.2, 0) is 16.1 Å². The van der Waals surface area contributed by atoms with Crippen molar-refractivity contribution < 1.29 is 19.0 Å². The van der Waals surface area contributed by atoms with Crippen molar-refractivity contribution in [2.24, 2.45) is 4.99 Å². The van der Waals surface area contributed by atoms with Crippen LogP contribution in [0.15, 0.2) is 87.8 Å². The zero-order chi connectivity index (χ0) is 30.5. The first-order chi connectivity index (χ1) is 20.9. The Balaban J connectivity index is 1.68. The van der Waals surface area contributed by atoms with Gasteiger partial charge in [-0.25, -0.2) is 9.79 Å². The van der Waals surface area contributed by atoms with Gasteiger partial charge in [-0.1, -0.05) is 84.3 Å². The Labute approximate surface area is 263 Å². The summed E-state index contributed by atoms with van der Waals surface area (Å²) >= 11 is 13.9. The van der Waals surface area contributed by atoms with Gasteiger partial charge in [0.15, 0.2) is 4.80 Å². The number of carbonyl (C=O) groups excluding carboxylic acids is 1. The molecule has 1 atom stereocenters. The molecule has 5 rings (SSSR count). The molecule has 0 amide bonds. The number of fused-ring (bicyclic) bond motifs is 1. The number of methoxy groups -OCH3 is 1. The Morgan fingerprint density at radius 1 is 1.05 bits per heavy atom. The highest BCUT2D eigenvalue weighted by Gasteiger charge is 2.35. The standard InChI is InChI=1S/C33H30Cl2N2O5S/c1-4-10-25-29(32(39)41-5-2)30(23-12-7-9-14-27(23)40-3)37-31(38)28(43-33(37)36-25)18-21-17-22(34)15-16-26(21)42-19-20-11-6-8-13-24(20)35/h6-9,11-18,30H,4-5,10,19H2,1-3H3/b28-18-. The van der Waals surface area contributed by atoms with Gasteiger partial charge in [-0.2, -0.15) is 0 Å². The van der Waals surface area contributed by atoms with E-state index in [0.29, 0.717) is 59.7 Å². The molecule has 2 heterocycles. The minimum atomic E-state index is -0.787. The maximum Gasteiger partial charge on any atom is 0.338 e. The lowest BCUT2D eigenvalue weighted by Crippen LogP contribution is -2.40. The van der Waals surface area contributed by atoms with Crippen molar-refractivity contribution in [3.05, 3.63) is 124 Å². The lowest BCUT2D eigenvalue weighted by molar-refractivity contribution is -0.139. The second-order valence-electron chi connectivity index (χ2n) is 9.72. The highest BCUT2D eigenvalue weighted by atomic mass is 35.5. The minimum absolute atomic E-state index is 0.191. The van der Waals surface area contributed by atoms with Crippen LogP contribution in [0.5, 0.6) is 11.5 Å². The Morgan fingerprint density at radius 3 is 2.56 bits per heavy atom. The van der Waals surface area contributed by atoms with E-state index in [4.69, 9.17) is 42.4 Å². The summed E-state index contributed by atoms with van der Waals surface area (Å²) in [4.78, 5) is 32.9. The van der Waals surface area contributed by atoms with Gasteiger partial charge in [-0.3, -0.25) is 9.36 Å². The summed E-state index contributed by atoms with van der Waals surface area (Å²) < 4.78 is 19.2. The fraction of sp³-hybridized carbons (Fsp3) is 0.242. The molecule has 7 nitrogen and oxygen atoms in total. The number of allylic oxidation sites excluding steroid dienone is 1. The number of esters is 1. The fourth-order valence-corrected chi connectivity index (χ4v) is 6.36. The van der Waals surface area contributed by atoms with Crippen LogP contribution in [0.2, 0.25) is 10.0 Å². The van der Waals surface area contributed by atoms with Crippen molar-refractivity contribution in [1.82, 2.24) is 4.57 Å². The van der Waals surface area contributed by atoms with Crippen molar-refractivity contribution >= 4 is 46.6 Å². The zero-order valence-corrected chi connectivity index (χ0v) is 26.3. The Bertz CT molecular complexity index is 1880. The van der Waals surface area contributed by atoms with E-state index >= 15 is 0 Å². The molecule has 0 N–H and O–H groups in total. The number of carbonyl (C=O) groups is 1. The summed E-state index contributed by atoms with van der Waals surface area (Å²) in [6.45, 7) is 4.20. The summed E-state index contributed by atoms with van der Waals surface area (Å²) in [6.07, 6.45) is 3.04. The van der Waals surface area contributed by atoms with E-state index in [-0.39, 0.29) is 18.8 Å². The van der Waals surface area contributed by atoms with Crippen molar-refractivity contribution in [1.29, 1.82) is 0 Å². The number of hydrogen-bond donors (Lipinski definition) is 0. The van der Waals surface area contributed by atoms with Crippen molar-refractivity contribution in [2.45, 2.75) is 39.3 Å². The molecule has 1 aliphatic rings. The van der Waals surface area contributed by atoms with Gasteiger partial charge >= 0.3 is 5.97 Å². The molecule has 222 valence electrons. The fourth-order valence-electron chi connectivity index (χ4n) is 4.98. The molecule has 1 aliphatic heterocycles. The predicted octanol–water partition coefficient (Wildman–Crippen LogP) is 6.47. The van der Waals surface area contributed by atoms with E-state index in [0.717, 1.165) is 12.0 Å².